The number of hydrogen-bond acceptors (Lipinski definition) is 4. The molecule has 112 valence electrons. The van der Waals surface area contributed by atoms with Crippen LogP contribution in [0.4, 0.5) is 11.4 Å². The molecular formula is C15H25N3O2. The summed E-state index contributed by atoms with van der Waals surface area (Å²) in [6.07, 6.45) is 3.66. The van der Waals surface area contributed by atoms with Crippen molar-refractivity contribution in [3.63, 3.8) is 0 Å². The van der Waals surface area contributed by atoms with E-state index in [4.69, 9.17) is 0 Å². The van der Waals surface area contributed by atoms with E-state index in [2.05, 4.69) is 24.2 Å². The Hall–Kier alpha value is -1.62. The molecule has 0 fully saturated rings. The Labute approximate surface area is 121 Å². The Morgan fingerprint density at radius 1 is 1.30 bits per heavy atom. The van der Waals surface area contributed by atoms with Crippen molar-refractivity contribution in [1.29, 1.82) is 0 Å². The van der Waals surface area contributed by atoms with E-state index in [1.165, 1.54) is 19.3 Å². The largest absolute Gasteiger partial charge is 0.380 e. The van der Waals surface area contributed by atoms with Crippen LogP contribution in [0.15, 0.2) is 18.2 Å². The van der Waals surface area contributed by atoms with Crippen LogP contribution in [0.1, 0.15) is 38.7 Å². The van der Waals surface area contributed by atoms with E-state index in [0.717, 1.165) is 18.7 Å². The Bertz CT molecular complexity index is 435. The molecule has 5 heteroatoms. The number of nitrogens with one attached hydrogen (secondary N) is 1. The smallest absolute Gasteiger partial charge is 0.292 e. The number of hydrogen-bond donors (Lipinski definition) is 1. The standard InChI is InChI=1S/C15H25N3O2/c1-4-6-7-10-17(3)12-13-8-9-15(18(19)20)14(11-13)16-5-2/h8-9,11,16H,4-7,10,12H2,1-3H3. The summed E-state index contributed by atoms with van der Waals surface area (Å²) in [6, 6.07) is 5.32. The number of benzene rings is 1. The van der Waals surface area contributed by atoms with Crippen LogP contribution in [0.5, 0.6) is 0 Å². The van der Waals surface area contributed by atoms with Crippen LogP contribution in [0.2, 0.25) is 0 Å². The molecule has 0 radical (unpaired) electrons. The summed E-state index contributed by atoms with van der Waals surface area (Å²) in [6.45, 7) is 6.68. The highest BCUT2D eigenvalue weighted by atomic mass is 16.6. The molecule has 1 N–H and O–H groups in total. The van der Waals surface area contributed by atoms with E-state index in [0.29, 0.717) is 12.2 Å². The molecule has 0 saturated carbocycles. The Kier molecular flexibility index (Phi) is 7.01. The van der Waals surface area contributed by atoms with Crippen molar-refractivity contribution >= 4 is 11.4 Å². The number of rotatable bonds is 9. The van der Waals surface area contributed by atoms with Crippen molar-refractivity contribution in [1.82, 2.24) is 4.90 Å². The second kappa shape index (κ2) is 8.53. The molecule has 0 bridgehead atoms. The lowest BCUT2D eigenvalue weighted by Crippen LogP contribution is -2.19. The van der Waals surface area contributed by atoms with E-state index in [1.807, 2.05) is 19.1 Å². The molecule has 0 aliphatic carbocycles. The maximum absolute atomic E-state index is 11.0. The molecule has 0 aliphatic rings. The van der Waals surface area contributed by atoms with Crippen LogP contribution in [-0.2, 0) is 6.54 Å². The normalized spacial score (nSPS) is 10.8. The highest BCUT2D eigenvalue weighted by Crippen LogP contribution is 2.25. The quantitative estimate of drug-likeness (QED) is 0.426. The van der Waals surface area contributed by atoms with Crippen LogP contribution in [-0.4, -0.2) is 30.0 Å². The molecule has 1 aromatic rings. The van der Waals surface area contributed by atoms with Crippen LogP contribution >= 0.6 is 0 Å². The van der Waals surface area contributed by atoms with Crippen molar-refractivity contribution in [2.75, 3.05) is 25.5 Å². The molecule has 20 heavy (non-hydrogen) atoms. The summed E-state index contributed by atoms with van der Waals surface area (Å²) in [4.78, 5) is 12.9. The summed E-state index contributed by atoms with van der Waals surface area (Å²) in [7, 11) is 2.09. The van der Waals surface area contributed by atoms with Gasteiger partial charge in [-0.3, -0.25) is 10.1 Å². The lowest BCUT2D eigenvalue weighted by Gasteiger charge is -2.17. The van der Waals surface area contributed by atoms with Crippen LogP contribution in [0, 0.1) is 10.1 Å². The molecule has 5 nitrogen and oxygen atoms in total. The van der Waals surface area contributed by atoms with Crippen LogP contribution in [0.25, 0.3) is 0 Å². The van der Waals surface area contributed by atoms with Gasteiger partial charge in [0.2, 0.25) is 0 Å². The molecule has 0 spiro atoms. The predicted molar refractivity (Wildman–Crippen MR) is 83.1 cm³/mol. The number of nitro groups is 1. The molecule has 0 aromatic heterocycles. The van der Waals surface area contributed by atoms with Gasteiger partial charge in [0, 0.05) is 19.2 Å². The minimum Gasteiger partial charge on any atom is -0.380 e. The van der Waals surface area contributed by atoms with E-state index >= 15 is 0 Å². The molecule has 0 heterocycles. The molecule has 0 unspecified atom stereocenters. The number of anilines is 1. The van der Waals surface area contributed by atoms with Crippen LogP contribution in [0.3, 0.4) is 0 Å². The van der Waals surface area contributed by atoms with Crippen molar-refractivity contribution in [3.8, 4) is 0 Å². The monoisotopic (exact) mass is 279 g/mol. The predicted octanol–water partition coefficient (Wildman–Crippen LogP) is 3.65. The Morgan fingerprint density at radius 2 is 2.05 bits per heavy atom. The second-order valence-corrected chi connectivity index (χ2v) is 5.08. The summed E-state index contributed by atoms with van der Waals surface area (Å²) < 4.78 is 0. The van der Waals surface area contributed by atoms with Gasteiger partial charge >= 0.3 is 0 Å². The van der Waals surface area contributed by atoms with Crippen molar-refractivity contribution < 1.29 is 4.92 Å². The van der Waals surface area contributed by atoms with E-state index in [9.17, 15) is 10.1 Å². The molecule has 1 aromatic carbocycles. The van der Waals surface area contributed by atoms with E-state index < -0.39 is 0 Å². The molecular weight excluding hydrogens is 254 g/mol. The van der Waals surface area contributed by atoms with Gasteiger partial charge in [-0.05, 0) is 38.6 Å². The maximum Gasteiger partial charge on any atom is 0.292 e. The topological polar surface area (TPSA) is 58.4 Å². The van der Waals surface area contributed by atoms with Crippen molar-refractivity contribution in [2.45, 2.75) is 39.7 Å². The minimum absolute atomic E-state index is 0.143. The van der Waals surface area contributed by atoms with Gasteiger partial charge in [0.15, 0.2) is 0 Å². The first-order chi connectivity index (χ1) is 9.58. The highest BCUT2D eigenvalue weighted by Gasteiger charge is 2.13. The zero-order chi connectivity index (χ0) is 15.0. The lowest BCUT2D eigenvalue weighted by atomic mass is 10.1. The maximum atomic E-state index is 11.0. The lowest BCUT2D eigenvalue weighted by molar-refractivity contribution is -0.384. The third kappa shape index (κ3) is 5.17. The molecule has 1 rings (SSSR count). The SMILES string of the molecule is CCCCCN(C)Cc1ccc([N+](=O)[O-])c(NCC)c1. The zero-order valence-corrected chi connectivity index (χ0v) is 12.7. The van der Waals surface area contributed by atoms with E-state index in [-0.39, 0.29) is 10.6 Å². The average molecular weight is 279 g/mol. The fourth-order valence-electron chi connectivity index (χ4n) is 2.20. The van der Waals surface area contributed by atoms with Gasteiger partial charge in [0.25, 0.3) is 5.69 Å². The summed E-state index contributed by atoms with van der Waals surface area (Å²) in [5.74, 6) is 0. The highest BCUT2D eigenvalue weighted by molar-refractivity contribution is 5.62. The average Bonchev–Trinajstić information content (AvgIpc) is 2.39. The minimum atomic E-state index is -0.341. The number of unbranched alkanes of at least 4 members (excludes halogenated alkanes) is 2. The fourth-order valence-corrected chi connectivity index (χ4v) is 2.20. The van der Waals surface area contributed by atoms with Crippen LogP contribution < -0.4 is 5.32 Å². The first-order valence-electron chi connectivity index (χ1n) is 7.28. The summed E-state index contributed by atoms with van der Waals surface area (Å²) in [5.41, 5.74) is 1.85. The van der Waals surface area contributed by atoms with Gasteiger partial charge in [-0.1, -0.05) is 25.8 Å². The van der Waals surface area contributed by atoms with E-state index in [1.54, 1.807) is 6.07 Å². The summed E-state index contributed by atoms with van der Waals surface area (Å²) in [5, 5.41) is 14.0. The summed E-state index contributed by atoms with van der Waals surface area (Å²) >= 11 is 0. The van der Waals surface area contributed by atoms with Gasteiger partial charge in [-0.25, -0.2) is 0 Å². The van der Waals surface area contributed by atoms with Crippen molar-refractivity contribution in [2.24, 2.45) is 0 Å². The van der Waals surface area contributed by atoms with Gasteiger partial charge in [0.05, 0.1) is 4.92 Å². The Balaban J connectivity index is 2.71. The van der Waals surface area contributed by atoms with Crippen molar-refractivity contribution in [3.05, 3.63) is 33.9 Å². The molecule has 0 aliphatic heterocycles. The Morgan fingerprint density at radius 3 is 2.65 bits per heavy atom. The molecule has 0 amide bonds. The molecule has 0 atom stereocenters. The van der Waals surface area contributed by atoms with Gasteiger partial charge in [-0.2, -0.15) is 0 Å². The zero-order valence-electron chi connectivity index (χ0n) is 12.7. The first kappa shape index (κ1) is 16.4. The third-order valence-electron chi connectivity index (χ3n) is 3.22. The number of nitrogens with zero attached hydrogens (tertiary/aromatic N) is 2. The first-order valence-corrected chi connectivity index (χ1v) is 7.28. The second-order valence-electron chi connectivity index (χ2n) is 5.08. The van der Waals surface area contributed by atoms with Gasteiger partial charge in [-0.15, -0.1) is 0 Å². The third-order valence-corrected chi connectivity index (χ3v) is 3.22. The fraction of sp³-hybridized carbons (Fsp3) is 0.600. The van der Waals surface area contributed by atoms with Gasteiger partial charge in [0.1, 0.15) is 5.69 Å². The number of nitro benzene ring substituents is 1. The molecule has 0 saturated heterocycles. The van der Waals surface area contributed by atoms with Gasteiger partial charge < -0.3 is 10.2 Å².